The highest BCUT2D eigenvalue weighted by molar-refractivity contribution is 5.78. The van der Waals surface area contributed by atoms with Gasteiger partial charge in [0.1, 0.15) is 5.75 Å². The lowest BCUT2D eigenvalue weighted by Gasteiger charge is -2.38. The average molecular weight is 320 g/mol. The Morgan fingerprint density at radius 2 is 2.13 bits per heavy atom. The van der Waals surface area contributed by atoms with E-state index in [1.807, 2.05) is 24.3 Å². The van der Waals surface area contributed by atoms with Gasteiger partial charge < -0.3 is 15.2 Å². The maximum Gasteiger partial charge on any atom is 0.234 e. The number of benzene rings is 1. The van der Waals surface area contributed by atoms with Gasteiger partial charge in [-0.3, -0.25) is 9.69 Å². The SMILES string of the molecule is COc1ccc(CCNC(=O)CN2CCCC(C)C2CO)cc1. The van der Waals surface area contributed by atoms with Crippen LogP contribution in [-0.4, -0.2) is 55.3 Å². The van der Waals surface area contributed by atoms with E-state index in [-0.39, 0.29) is 18.6 Å². The van der Waals surface area contributed by atoms with Crippen molar-refractivity contribution in [3.05, 3.63) is 29.8 Å². The number of rotatable bonds is 7. The van der Waals surface area contributed by atoms with Crippen molar-refractivity contribution in [2.45, 2.75) is 32.2 Å². The van der Waals surface area contributed by atoms with Gasteiger partial charge >= 0.3 is 0 Å². The van der Waals surface area contributed by atoms with Gasteiger partial charge in [0.05, 0.1) is 20.3 Å². The van der Waals surface area contributed by atoms with Crippen LogP contribution in [0.25, 0.3) is 0 Å². The molecule has 0 aliphatic carbocycles. The Morgan fingerprint density at radius 3 is 2.78 bits per heavy atom. The molecule has 0 aromatic heterocycles. The summed E-state index contributed by atoms with van der Waals surface area (Å²) in [5.41, 5.74) is 1.17. The lowest BCUT2D eigenvalue weighted by molar-refractivity contribution is -0.123. The molecule has 1 aromatic rings. The molecule has 5 heteroatoms. The van der Waals surface area contributed by atoms with E-state index in [1.54, 1.807) is 7.11 Å². The summed E-state index contributed by atoms with van der Waals surface area (Å²) in [6.45, 7) is 4.16. The molecule has 0 bridgehead atoms. The van der Waals surface area contributed by atoms with E-state index < -0.39 is 0 Å². The van der Waals surface area contributed by atoms with Crippen LogP contribution in [0.3, 0.4) is 0 Å². The van der Waals surface area contributed by atoms with Crippen molar-refractivity contribution in [3.63, 3.8) is 0 Å². The molecular weight excluding hydrogens is 292 g/mol. The second-order valence-electron chi connectivity index (χ2n) is 6.29. The summed E-state index contributed by atoms with van der Waals surface area (Å²) in [5.74, 6) is 1.32. The normalized spacial score (nSPS) is 21.9. The van der Waals surface area contributed by atoms with E-state index in [0.29, 0.717) is 19.0 Å². The molecule has 2 atom stereocenters. The molecule has 1 aliphatic heterocycles. The zero-order valence-corrected chi connectivity index (χ0v) is 14.1. The lowest BCUT2D eigenvalue weighted by atomic mass is 9.91. The fourth-order valence-electron chi connectivity index (χ4n) is 3.20. The van der Waals surface area contributed by atoms with Crippen LogP contribution in [0, 0.1) is 5.92 Å². The molecule has 23 heavy (non-hydrogen) atoms. The first-order chi connectivity index (χ1) is 11.1. The summed E-state index contributed by atoms with van der Waals surface area (Å²) in [4.78, 5) is 14.2. The minimum Gasteiger partial charge on any atom is -0.497 e. The van der Waals surface area contributed by atoms with Gasteiger partial charge in [0.2, 0.25) is 5.91 Å². The Bertz CT molecular complexity index is 490. The third-order valence-electron chi connectivity index (χ3n) is 4.66. The van der Waals surface area contributed by atoms with Gasteiger partial charge in [-0.05, 0) is 49.4 Å². The van der Waals surface area contributed by atoms with Crippen molar-refractivity contribution in [1.29, 1.82) is 0 Å². The number of hydrogen-bond acceptors (Lipinski definition) is 4. The minimum absolute atomic E-state index is 0.0334. The number of methoxy groups -OCH3 is 1. The third kappa shape index (κ3) is 5.22. The average Bonchev–Trinajstić information content (AvgIpc) is 2.56. The van der Waals surface area contributed by atoms with E-state index in [0.717, 1.165) is 31.6 Å². The molecule has 1 amide bonds. The van der Waals surface area contributed by atoms with Crippen LogP contribution in [0.4, 0.5) is 0 Å². The molecule has 2 N–H and O–H groups in total. The molecule has 128 valence electrons. The molecular formula is C18H28N2O3. The first-order valence-electron chi connectivity index (χ1n) is 8.38. The van der Waals surface area contributed by atoms with Crippen molar-refractivity contribution < 1.29 is 14.6 Å². The van der Waals surface area contributed by atoms with Crippen molar-refractivity contribution in [2.24, 2.45) is 5.92 Å². The zero-order valence-electron chi connectivity index (χ0n) is 14.1. The molecule has 0 saturated carbocycles. The number of amides is 1. The number of hydrogen-bond donors (Lipinski definition) is 2. The molecule has 0 radical (unpaired) electrons. The fourth-order valence-corrected chi connectivity index (χ4v) is 3.20. The highest BCUT2D eigenvalue weighted by Gasteiger charge is 2.28. The van der Waals surface area contributed by atoms with Crippen molar-refractivity contribution in [2.75, 3.05) is 33.4 Å². The smallest absolute Gasteiger partial charge is 0.234 e. The lowest BCUT2D eigenvalue weighted by Crippen LogP contribution is -2.50. The molecule has 1 saturated heterocycles. The van der Waals surface area contributed by atoms with Gasteiger partial charge in [-0.2, -0.15) is 0 Å². The summed E-state index contributed by atoms with van der Waals surface area (Å²) < 4.78 is 5.13. The van der Waals surface area contributed by atoms with Gasteiger partial charge in [0, 0.05) is 12.6 Å². The van der Waals surface area contributed by atoms with E-state index in [2.05, 4.69) is 17.1 Å². The first-order valence-corrected chi connectivity index (χ1v) is 8.38. The Balaban J connectivity index is 1.73. The number of piperidine rings is 1. The van der Waals surface area contributed by atoms with E-state index in [4.69, 9.17) is 4.74 Å². The molecule has 0 spiro atoms. The summed E-state index contributed by atoms with van der Waals surface area (Å²) in [6, 6.07) is 7.99. The number of carbonyl (C=O) groups is 1. The monoisotopic (exact) mass is 320 g/mol. The van der Waals surface area contributed by atoms with Gasteiger partial charge in [0.15, 0.2) is 0 Å². The zero-order chi connectivity index (χ0) is 16.7. The highest BCUT2D eigenvalue weighted by atomic mass is 16.5. The fraction of sp³-hybridized carbons (Fsp3) is 0.611. The van der Waals surface area contributed by atoms with Crippen molar-refractivity contribution >= 4 is 5.91 Å². The molecule has 1 aliphatic rings. The van der Waals surface area contributed by atoms with Crippen LogP contribution in [0.15, 0.2) is 24.3 Å². The topological polar surface area (TPSA) is 61.8 Å². The van der Waals surface area contributed by atoms with Gasteiger partial charge in [-0.1, -0.05) is 19.1 Å². The first kappa shape index (κ1) is 17.8. The van der Waals surface area contributed by atoms with E-state index >= 15 is 0 Å². The molecule has 1 aromatic carbocycles. The second kappa shape index (κ2) is 8.89. The summed E-state index contributed by atoms with van der Waals surface area (Å²) >= 11 is 0. The Morgan fingerprint density at radius 1 is 1.39 bits per heavy atom. The van der Waals surface area contributed by atoms with Crippen molar-refractivity contribution in [3.8, 4) is 5.75 Å². The Kier molecular flexibility index (Phi) is 6.86. The number of nitrogens with one attached hydrogen (secondary N) is 1. The summed E-state index contributed by atoms with van der Waals surface area (Å²) in [7, 11) is 1.65. The Hall–Kier alpha value is -1.59. The van der Waals surface area contributed by atoms with Crippen LogP contribution < -0.4 is 10.1 Å². The second-order valence-corrected chi connectivity index (χ2v) is 6.29. The Labute approximate surface area is 138 Å². The quantitative estimate of drug-likeness (QED) is 0.798. The number of ether oxygens (including phenoxy) is 1. The molecule has 1 fully saturated rings. The largest absolute Gasteiger partial charge is 0.497 e. The van der Waals surface area contributed by atoms with Crippen LogP contribution in [0.1, 0.15) is 25.3 Å². The molecule has 5 nitrogen and oxygen atoms in total. The van der Waals surface area contributed by atoms with Crippen LogP contribution in [0.2, 0.25) is 0 Å². The molecule has 2 rings (SSSR count). The van der Waals surface area contributed by atoms with E-state index in [1.165, 1.54) is 5.56 Å². The molecule has 2 unspecified atom stereocenters. The number of aliphatic hydroxyl groups excluding tert-OH is 1. The summed E-state index contributed by atoms with van der Waals surface area (Å²) in [5, 5.41) is 12.5. The number of aliphatic hydroxyl groups is 1. The molecule has 1 heterocycles. The maximum absolute atomic E-state index is 12.1. The van der Waals surface area contributed by atoms with Gasteiger partial charge in [0.25, 0.3) is 0 Å². The van der Waals surface area contributed by atoms with Gasteiger partial charge in [-0.25, -0.2) is 0 Å². The van der Waals surface area contributed by atoms with Crippen LogP contribution in [0.5, 0.6) is 5.75 Å². The van der Waals surface area contributed by atoms with Crippen molar-refractivity contribution in [1.82, 2.24) is 10.2 Å². The number of likely N-dealkylation sites (tertiary alicyclic amines) is 1. The van der Waals surface area contributed by atoms with Crippen LogP contribution >= 0.6 is 0 Å². The predicted octanol–water partition coefficient (Wildman–Crippen LogP) is 1.45. The van der Waals surface area contributed by atoms with Gasteiger partial charge in [-0.15, -0.1) is 0 Å². The predicted molar refractivity (Wildman–Crippen MR) is 90.6 cm³/mol. The number of nitrogens with zero attached hydrogens (tertiary/aromatic N) is 1. The summed E-state index contributed by atoms with van der Waals surface area (Å²) in [6.07, 6.45) is 3.02. The minimum atomic E-state index is 0.0334. The number of carbonyl (C=O) groups excluding carboxylic acids is 1. The standard InChI is InChI=1S/C18H28N2O3/c1-14-4-3-11-20(17(14)13-21)12-18(22)19-10-9-15-5-7-16(23-2)8-6-15/h5-8,14,17,21H,3-4,9-13H2,1-2H3,(H,19,22). The third-order valence-corrected chi connectivity index (χ3v) is 4.66. The highest BCUT2D eigenvalue weighted by Crippen LogP contribution is 2.22. The van der Waals surface area contributed by atoms with Crippen LogP contribution in [-0.2, 0) is 11.2 Å². The maximum atomic E-state index is 12.1. The van der Waals surface area contributed by atoms with E-state index in [9.17, 15) is 9.90 Å².